The Morgan fingerprint density at radius 3 is 2.50 bits per heavy atom. The van der Waals surface area contributed by atoms with Gasteiger partial charge in [-0.2, -0.15) is 0 Å². The third kappa shape index (κ3) is 2.89. The number of hydrogen-bond donors (Lipinski definition) is 0. The summed E-state index contributed by atoms with van der Waals surface area (Å²) in [5, 5.41) is 1.26. The SMILES string of the molecule is CCCCCCn1c[n+](C)c(Cl)c1Cl. The van der Waals surface area contributed by atoms with Crippen molar-refractivity contribution in [3.05, 3.63) is 16.6 Å². The minimum atomic E-state index is 0.613. The van der Waals surface area contributed by atoms with E-state index in [9.17, 15) is 0 Å². The Morgan fingerprint density at radius 2 is 2.00 bits per heavy atom. The van der Waals surface area contributed by atoms with Gasteiger partial charge in [0.1, 0.15) is 0 Å². The quantitative estimate of drug-likeness (QED) is 0.548. The number of hydrogen-bond acceptors (Lipinski definition) is 0. The van der Waals surface area contributed by atoms with Gasteiger partial charge in [-0.3, -0.25) is 0 Å². The molecule has 0 N–H and O–H groups in total. The molecule has 0 radical (unpaired) electrons. The fourth-order valence-electron chi connectivity index (χ4n) is 1.44. The molecule has 2 nitrogen and oxygen atoms in total. The van der Waals surface area contributed by atoms with Crippen molar-refractivity contribution in [2.45, 2.75) is 39.2 Å². The lowest BCUT2D eigenvalue weighted by molar-refractivity contribution is -0.668. The third-order valence-corrected chi connectivity index (χ3v) is 3.24. The largest absolute Gasteiger partial charge is 0.255 e. The minimum absolute atomic E-state index is 0.613. The van der Waals surface area contributed by atoms with E-state index in [-0.39, 0.29) is 0 Å². The smallest absolute Gasteiger partial charge is 0.222 e. The Morgan fingerprint density at radius 1 is 1.29 bits per heavy atom. The van der Waals surface area contributed by atoms with Gasteiger partial charge in [-0.25, -0.2) is 9.13 Å². The van der Waals surface area contributed by atoms with E-state index in [0.29, 0.717) is 10.3 Å². The Hall–Kier alpha value is -0.210. The zero-order valence-electron chi connectivity index (χ0n) is 8.76. The summed E-state index contributed by atoms with van der Waals surface area (Å²) in [5.41, 5.74) is 0. The summed E-state index contributed by atoms with van der Waals surface area (Å²) in [6.07, 6.45) is 6.91. The van der Waals surface area contributed by atoms with Crippen molar-refractivity contribution in [3.63, 3.8) is 0 Å². The maximum absolute atomic E-state index is 6.04. The molecule has 0 saturated heterocycles. The highest BCUT2D eigenvalue weighted by molar-refractivity contribution is 6.39. The molecule has 1 heterocycles. The van der Waals surface area contributed by atoms with Crippen molar-refractivity contribution in [2.75, 3.05) is 0 Å². The molecule has 0 unspecified atom stereocenters. The maximum Gasteiger partial charge on any atom is 0.255 e. The second-order valence-electron chi connectivity index (χ2n) is 3.56. The zero-order valence-corrected chi connectivity index (χ0v) is 10.3. The summed E-state index contributed by atoms with van der Waals surface area (Å²) >= 11 is 12.0. The Labute approximate surface area is 95.4 Å². The molecule has 0 fully saturated rings. The van der Waals surface area contributed by atoms with Crippen LogP contribution in [0.5, 0.6) is 0 Å². The second-order valence-corrected chi connectivity index (χ2v) is 4.28. The monoisotopic (exact) mass is 235 g/mol. The molecule has 1 aromatic heterocycles. The van der Waals surface area contributed by atoms with Gasteiger partial charge < -0.3 is 0 Å². The molecule has 0 saturated carbocycles. The van der Waals surface area contributed by atoms with Gasteiger partial charge in [0.25, 0.3) is 10.3 Å². The van der Waals surface area contributed by atoms with Crippen molar-refractivity contribution >= 4 is 23.2 Å². The molecule has 0 amide bonds. The summed E-state index contributed by atoms with van der Waals surface area (Å²) in [7, 11) is 1.90. The number of halogens is 2. The second kappa shape index (κ2) is 5.62. The number of imidazole rings is 1. The summed E-state index contributed by atoms with van der Waals surface area (Å²) in [6, 6.07) is 0. The van der Waals surface area contributed by atoms with E-state index >= 15 is 0 Å². The van der Waals surface area contributed by atoms with Gasteiger partial charge in [-0.05, 0) is 36.0 Å². The summed E-state index contributed by atoms with van der Waals surface area (Å²) in [5.74, 6) is 0. The van der Waals surface area contributed by atoms with Gasteiger partial charge >= 0.3 is 0 Å². The third-order valence-electron chi connectivity index (χ3n) is 2.30. The average molecular weight is 236 g/mol. The molecule has 4 heteroatoms. The summed E-state index contributed by atoms with van der Waals surface area (Å²) in [4.78, 5) is 0. The van der Waals surface area contributed by atoms with Crippen LogP contribution in [0.15, 0.2) is 6.33 Å². The first-order valence-corrected chi connectivity index (χ1v) is 5.82. The van der Waals surface area contributed by atoms with Gasteiger partial charge in [0.05, 0.1) is 13.6 Å². The van der Waals surface area contributed by atoms with Crippen LogP contribution < -0.4 is 4.57 Å². The predicted molar refractivity (Wildman–Crippen MR) is 59.8 cm³/mol. The van der Waals surface area contributed by atoms with E-state index in [0.717, 1.165) is 6.54 Å². The molecule has 1 aromatic rings. The number of nitrogens with zero attached hydrogens (tertiary/aromatic N) is 2. The number of unbranched alkanes of at least 4 members (excludes halogenated alkanes) is 3. The van der Waals surface area contributed by atoms with E-state index in [1.807, 2.05) is 22.5 Å². The molecule has 0 bridgehead atoms. The van der Waals surface area contributed by atoms with Crippen LogP contribution >= 0.6 is 23.2 Å². The Bertz CT molecular complexity index is 295. The highest BCUT2D eigenvalue weighted by Gasteiger charge is 2.16. The van der Waals surface area contributed by atoms with E-state index in [4.69, 9.17) is 23.2 Å². The fraction of sp³-hybridized carbons (Fsp3) is 0.700. The van der Waals surface area contributed by atoms with Gasteiger partial charge in [-0.15, -0.1) is 0 Å². The summed E-state index contributed by atoms with van der Waals surface area (Å²) in [6.45, 7) is 3.17. The average Bonchev–Trinajstić information content (AvgIpc) is 2.41. The molecule has 0 atom stereocenters. The molecule has 14 heavy (non-hydrogen) atoms. The molecule has 0 aliphatic carbocycles. The van der Waals surface area contributed by atoms with Crippen molar-refractivity contribution in [1.82, 2.24) is 4.57 Å². The fourth-order valence-corrected chi connectivity index (χ4v) is 1.85. The first-order chi connectivity index (χ1) is 6.66. The first-order valence-electron chi connectivity index (χ1n) is 5.06. The lowest BCUT2D eigenvalue weighted by Gasteiger charge is -1.96. The van der Waals surface area contributed by atoms with Crippen molar-refractivity contribution < 1.29 is 4.57 Å². The van der Waals surface area contributed by atoms with Crippen LogP contribution in [-0.4, -0.2) is 4.57 Å². The topological polar surface area (TPSA) is 8.81 Å². The number of aromatic nitrogens is 2. The van der Waals surface area contributed by atoms with Gasteiger partial charge in [0, 0.05) is 0 Å². The van der Waals surface area contributed by atoms with E-state index in [1.165, 1.54) is 25.7 Å². The van der Waals surface area contributed by atoms with Crippen LogP contribution in [0.3, 0.4) is 0 Å². The van der Waals surface area contributed by atoms with Crippen LogP contribution in [0.1, 0.15) is 32.6 Å². The highest BCUT2D eigenvalue weighted by atomic mass is 35.5. The molecule has 80 valence electrons. The Kier molecular flexibility index (Phi) is 4.76. The van der Waals surface area contributed by atoms with Crippen molar-refractivity contribution in [3.8, 4) is 0 Å². The van der Waals surface area contributed by atoms with Gasteiger partial charge in [-0.1, -0.05) is 19.8 Å². The normalized spacial score (nSPS) is 10.9. The maximum atomic E-state index is 6.04. The Balaban J connectivity index is 2.47. The van der Waals surface area contributed by atoms with Crippen molar-refractivity contribution in [1.29, 1.82) is 0 Å². The first kappa shape index (κ1) is 11.9. The molecule has 0 spiro atoms. The lowest BCUT2D eigenvalue weighted by Crippen LogP contribution is -2.26. The number of rotatable bonds is 5. The van der Waals surface area contributed by atoms with E-state index in [2.05, 4.69) is 6.92 Å². The van der Waals surface area contributed by atoms with Gasteiger partial charge in [0.2, 0.25) is 6.33 Å². The zero-order chi connectivity index (χ0) is 10.6. The molecule has 0 aromatic carbocycles. The molecule has 0 aliphatic heterocycles. The van der Waals surface area contributed by atoms with Crippen LogP contribution in [-0.2, 0) is 13.6 Å². The van der Waals surface area contributed by atoms with Crippen LogP contribution in [0.25, 0.3) is 0 Å². The predicted octanol–water partition coefficient (Wildman–Crippen LogP) is 3.20. The minimum Gasteiger partial charge on any atom is -0.222 e. The number of aryl methyl sites for hydroxylation is 2. The van der Waals surface area contributed by atoms with E-state index < -0.39 is 0 Å². The standard InChI is InChI=1S/C10H17Cl2N2/c1-3-4-5-6-7-14-8-13(2)9(11)10(14)12/h8H,3-7H2,1-2H3/q+1. The molecule has 1 rings (SSSR count). The van der Waals surface area contributed by atoms with Crippen LogP contribution in [0.2, 0.25) is 10.3 Å². The van der Waals surface area contributed by atoms with Crippen LogP contribution in [0, 0.1) is 0 Å². The summed E-state index contributed by atoms with van der Waals surface area (Å²) < 4.78 is 3.84. The lowest BCUT2D eigenvalue weighted by atomic mass is 10.2. The molecular formula is C10H17Cl2N2+. The molecular weight excluding hydrogens is 219 g/mol. The van der Waals surface area contributed by atoms with Crippen molar-refractivity contribution in [2.24, 2.45) is 7.05 Å². The van der Waals surface area contributed by atoms with E-state index in [1.54, 1.807) is 0 Å². The van der Waals surface area contributed by atoms with Gasteiger partial charge in [0.15, 0.2) is 0 Å². The van der Waals surface area contributed by atoms with Crippen LogP contribution in [0.4, 0.5) is 0 Å². The highest BCUT2D eigenvalue weighted by Crippen LogP contribution is 2.18. The molecule has 0 aliphatic rings.